The van der Waals surface area contributed by atoms with Crippen LogP contribution in [-0.4, -0.2) is 31.9 Å². The minimum absolute atomic E-state index is 0.152. The summed E-state index contributed by atoms with van der Waals surface area (Å²) in [4.78, 5) is 16.6. The minimum Gasteiger partial charge on any atom is -0.497 e. The van der Waals surface area contributed by atoms with Crippen molar-refractivity contribution < 1.29 is 9.53 Å². The zero-order chi connectivity index (χ0) is 15.4. The smallest absolute Gasteiger partial charge is 0.255 e. The summed E-state index contributed by atoms with van der Waals surface area (Å²) in [6, 6.07) is 14.7. The van der Waals surface area contributed by atoms with E-state index >= 15 is 0 Å². The zero-order valence-corrected chi connectivity index (χ0v) is 12.3. The first-order valence-corrected chi connectivity index (χ1v) is 7.10. The highest BCUT2D eigenvalue weighted by molar-refractivity contribution is 6.05. The van der Waals surface area contributed by atoms with Crippen molar-refractivity contribution in [3.8, 4) is 5.75 Å². The van der Waals surface area contributed by atoms with Gasteiger partial charge in [-0.05, 0) is 36.4 Å². The Morgan fingerprint density at radius 2 is 2.05 bits per heavy atom. The third-order valence-corrected chi connectivity index (χ3v) is 3.42. The van der Waals surface area contributed by atoms with Gasteiger partial charge in [-0.25, -0.2) is 0 Å². The molecule has 2 N–H and O–H groups in total. The number of amides is 1. The summed E-state index contributed by atoms with van der Waals surface area (Å²) in [6.45, 7) is 1.65. The largest absolute Gasteiger partial charge is 0.497 e. The van der Waals surface area contributed by atoms with Crippen molar-refractivity contribution >= 4 is 17.4 Å². The number of carbonyl (C=O) groups is 1. The fourth-order valence-corrected chi connectivity index (χ4v) is 2.28. The number of hydrogen-bond donors (Lipinski definition) is 2. The molecular weight excluding hydrogens is 278 g/mol. The van der Waals surface area contributed by atoms with Gasteiger partial charge in [0.15, 0.2) is 0 Å². The minimum atomic E-state index is -0.152. The third-order valence-electron chi connectivity index (χ3n) is 3.42. The summed E-state index contributed by atoms with van der Waals surface area (Å²) in [5.41, 5.74) is 2.31. The number of ether oxygens (including phenoxy) is 1. The molecule has 0 atom stereocenters. The number of nitrogens with zero attached hydrogens (tertiary/aromatic N) is 1. The van der Waals surface area contributed by atoms with E-state index in [1.165, 1.54) is 0 Å². The van der Waals surface area contributed by atoms with Crippen LogP contribution in [0.25, 0.3) is 0 Å². The highest BCUT2D eigenvalue weighted by Crippen LogP contribution is 2.15. The monoisotopic (exact) mass is 295 g/mol. The lowest BCUT2D eigenvalue weighted by Crippen LogP contribution is -2.19. The first kappa shape index (κ1) is 14.1. The first-order valence-electron chi connectivity index (χ1n) is 7.10. The van der Waals surface area contributed by atoms with E-state index in [9.17, 15) is 4.79 Å². The summed E-state index contributed by atoms with van der Waals surface area (Å²) in [6.07, 6.45) is 0. The molecule has 22 heavy (non-hydrogen) atoms. The summed E-state index contributed by atoms with van der Waals surface area (Å²) in [7, 11) is 1.60. The highest BCUT2D eigenvalue weighted by atomic mass is 16.5. The molecule has 0 aromatic heterocycles. The van der Waals surface area contributed by atoms with E-state index < -0.39 is 0 Å². The van der Waals surface area contributed by atoms with E-state index in [1.54, 1.807) is 31.4 Å². The van der Waals surface area contributed by atoms with Gasteiger partial charge in [0.05, 0.1) is 13.7 Å². The normalized spacial score (nSPS) is 13.2. The maximum absolute atomic E-state index is 12.2. The first-order chi connectivity index (χ1) is 10.8. The topological polar surface area (TPSA) is 62.7 Å². The van der Waals surface area contributed by atoms with Gasteiger partial charge in [-0.3, -0.25) is 9.79 Å². The molecular formula is C17H17N3O2. The molecule has 0 fully saturated rings. The van der Waals surface area contributed by atoms with Crippen LogP contribution in [0.1, 0.15) is 15.9 Å². The van der Waals surface area contributed by atoms with Gasteiger partial charge in [0.25, 0.3) is 5.91 Å². The Balaban J connectivity index is 1.74. The Morgan fingerprint density at radius 1 is 1.23 bits per heavy atom. The Kier molecular flexibility index (Phi) is 4.05. The molecule has 2 aromatic rings. The van der Waals surface area contributed by atoms with E-state index in [1.807, 2.05) is 24.3 Å². The fraction of sp³-hybridized carbons (Fsp3) is 0.176. The molecule has 1 aliphatic heterocycles. The number of hydrogen-bond acceptors (Lipinski definition) is 4. The van der Waals surface area contributed by atoms with Crippen LogP contribution in [0.15, 0.2) is 53.5 Å². The van der Waals surface area contributed by atoms with Gasteiger partial charge in [-0.15, -0.1) is 0 Å². The van der Waals surface area contributed by atoms with E-state index in [4.69, 9.17) is 4.74 Å². The summed E-state index contributed by atoms with van der Waals surface area (Å²) >= 11 is 0. The molecule has 5 heteroatoms. The molecule has 3 rings (SSSR count). The molecule has 0 bridgehead atoms. The number of aliphatic imine (C=N–C) groups is 1. The molecule has 0 radical (unpaired) electrons. The average molecular weight is 295 g/mol. The molecule has 0 saturated carbocycles. The van der Waals surface area contributed by atoms with Crippen molar-refractivity contribution in [1.82, 2.24) is 5.32 Å². The highest BCUT2D eigenvalue weighted by Gasteiger charge is 2.10. The maximum atomic E-state index is 12.2. The van der Waals surface area contributed by atoms with Crippen LogP contribution in [0.4, 0.5) is 5.69 Å². The number of anilines is 1. The number of carbonyl (C=O) groups excluding carboxylic acids is 1. The van der Waals surface area contributed by atoms with Gasteiger partial charge in [0, 0.05) is 23.4 Å². The number of benzene rings is 2. The van der Waals surface area contributed by atoms with Gasteiger partial charge in [-0.2, -0.15) is 0 Å². The van der Waals surface area contributed by atoms with Crippen molar-refractivity contribution in [1.29, 1.82) is 0 Å². The number of nitrogens with one attached hydrogen (secondary N) is 2. The van der Waals surface area contributed by atoms with E-state index in [0.717, 1.165) is 35.9 Å². The van der Waals surface area contributed by atoms with Crippen LogP contribution in [0.3, 0.4) is 0 Å². The Hall–Kier alpha value is -2.82. The molecule has 112 valence electrons. The van der Waals surface area contributed by atoms with Crippen LogP contribution in [-0.2, 0) is 0 Å². The van der Waals surface area contributed by atoms with Gasteiger partial charge < -0.3 is 15.4 Å². The van der Waals surface area contributed by atoms with Crippen molar-refractivity contribution in [2.45, 2.75) is 0 Å². The number of amidine groups is 1. The maximum Gasteiger partial charge on any atom is 0.255 e. The molecule has 1 aliphatic rings. The summed E-state index contributed by atoms with van der Waals surface area (Å²) < 4.78 is 5.09. The van der Waals surface area contributed by atoms with Gasteiger partial charge in [-0.1, -0.05) is 12.1 Å². The standard InChI is InChI=1S/C17H17N3O2/c1-22-15-7-5-12(6-8-15)17(21)20-14-4-2-3-13(11-14)16-18-9-10-19-16/h2-8,11H,9-10H2,1H3,(H,18,19)(H,20,21). The third kappa shape index (κ3) is 3.09. The molecule has 0 unspecified atom stereocenters. The summed E-state index contributed by atoms with van der Waals surface area (Å²) in [5, 5.41) is 6.12. The predicted molar refractivity (Wildman–Crippen MR) is 86.8 cm³/mol. The van der Waals surface area contributed by atoms with Crippen LogP contribution < -0.4 is 15.4 Å². The average Bonchev–Trinajstić information content (AvgIpc) is 3.10. The Labute approximate surface area is 129 Å². The molecule has 1 heterocycles. The van der Waals surface area contributed by atoms with Crippen molar-refractivity contribution in [3.63, 3.8) is 0 Å². The van der Waals surface area contributed by atoms with Crippen molar-refractivity contribution in [2.24, 2.45) is 4.99 Å². The number of rotatable bonds is 4. The van der Waals surface area contributed by atoms with Gasteiger partial charge >= 0.3 is 0 Å². The SMILES string of the molecule is COc1ccc(C(=O)Nc2cccc(C3=NCCN3)c2)cc1. The zero-order valence-electron chi connectivity index (χ0n) is 12.3. The van der Waals surface area contributed by atoms with Crippen LogP contribution >= 0.6 is 0 Å². The molecule has 0 aliphatic carbocycles. The fourth-order valence-electron chi connectivity index (χ4n) is 2.28. The molecule has 0 spiro atoms. The van der Waals surface area contributed by atoms with E-state index in [-0.39, 0.29) is 5.91 Å². The van der Waals surface area contributed by atoms with Crippen molar-refractivity contribution in [3.05, 3.63) is 59.7 Å². The second-order valence-electron chi connectivity index (χ2n) is 4.92. The second kappa shape index (κ2) is 6.30. The Bertz CT molecular complexity index is 708. The van der Waals surface area contributed by atoms with Crippen LogP contribution in [0.2, 0.25) is 0 Å². The van der Waals surface area contributed by atoms with Crippen molar-refractivity contribution in [2.75, 3.05) is 25.5 Å². The summed E-state index contributed by atoms with van der Waals surface area (Å²) in [5.74, 6) is 1.45. The van der Waals surface area contributed by atoms with E-state index in [0.29, 0.717) is 5.56 Å². The second-order valence-corrected chi connectivity index (χ2v) is 4.92. The lowest BCUT2D eigenvalue weighted by molar-refractivity contribution is 0.102. The predicted octanol–water partition coefficient (Wildman–Crippen LogP) is 2.30. The number of methoxy groups -OCH3 is 1. The van der Waals surface area contributed by atoms with Crippen LogP contribution in [0.5, 0.6) is 5.75 Å². The van der Waals surface area contributed by atoms with E-state index in [2.05, 4.69) is 15.6 Å². The molecule has 1 amide bonds. The Morgan fingerprint density at radius 3 is 2.73 bits per heavy atom. The molecule has 2 aromatic carbocycles. The van der Waals surface area contributed by atoms with Gasteiger partial charge in [0.1, 0.15) is 11.6 Å². The molecule has 0 saturated heterocycles. The lowest BCUT2D eigenvalue weighted by Gasteiger charge is -2.08. The van der Waals surface area contributed by atoms with Gasteiger partial charge in [0.2, 0.25) is 0 Å². The molecule has 5 nitrogen and oxygen atoms in total. The van der Waals surface area contributed by atoms with Crippen LogP contribution in [0, 0.1) is 0 Å². The lowest BCUT2D eigenvalue weighted by atomic mass is 10.1. The quantitative estimate of drug-likeness (QED) is 0.909.